The third-order valence-electron chi connectivity index (χ3n) is 8.63. The number of nitrogens with one attached hydrogen (secondary N) is 1. The van der Waals surface area contributed by atoms with Gasteiger partial charge in [-0.2, -0.15) is 0 Å². The summed E-state index contributed by atoms with van der Waals surface area (Å²) in [7, 11) is 0. The van der Waals surface area contributed by atoms with Gasteiger partial charge in [0.15, 0.2) is 0 Å². The van der Waals surface area contributed by atoms with Gasteiger partial charge in [-0.3, -0.25) is 4.79 Å². The summed E-state index contributed by atoms with van der Waals surface area (Å²) >= 11 is 0. The summed E-state index contributed by atoms with van der Waals surface area (Å²) in [6.07, 6.45) is 3.82. The molecule has 0 unspecified atom stereocenters. The number of aliphatic hydroxyl groups is 1. The van der Waals surface area contributed by atoms with Crippen LogP contribution in [-0.4, -0.2) is 63.6 Å². The van der Waals surface area contributed by atoms with Gasteiger partial charge < -0.3 is 20.2 Å². The van der Waals surface area contributed by atoms with E-state index in [0.29, 0.717) is 19.5 Å². The minimum Gasteiger partial charge on any atom is -0.387 e. The monoisotopic (exact) mass is 505 g/mol. The molecule has 7 nitrogen and oxygen atoms in total. The second-order valence-corrected chi connectivity index (χ2v) is 13.0. The van der Waals surface area contributed by atoms with Gasteiger partial charge in [0.25, 0.3) is 0 Å². The first-order valence-corrected chi connectivity index (χ1v) is 13.9. The molecule has 7 heteroatoms. The lowest BCUT2D eigenvalue weighted by atomic mass is 9.83. The number of amides is 1. The van der Waals surface area contributed by atoms with Crippen molar-refractivity contribution in [3.05, 3.63) is 53.0 Å². The quantitative estimate of drug-likeness (QED) is 0.646. The summed E-state index contributed by atoms with van der Waals surface area (Å²) in [5.41, 5.74) is 4.35. The molecule has 0 radical (unpaired) electrons. The van der Waals surface area contributed by atoms with E-state index < -0.39 is 6.10 Å². The number of piperazine rings is 1. The predicted molar refractivity (Wildman–Crippen MR) is 147 cm³/mol. The number of aliphatic hydroxyl groups excluding tert-OH is 1. The van der Waals surface area contributed by atoms with Gasteiger partial charge in [-0.25, -0.2) is 9.97 Å². The van der Waals surface area contributed by atoms with Crippen LogP contribution < -0.4 is 10.2 Å². The van der Waals surface area contributed by atoms with Crippen molar-refractivity contribution in [2.75, 3.05) is 31.1 Å². The Morgan fingerprint density at radius 1 is 1.11 bits per heavy atom. The molecule has 0 spiro atoms. The fourth-order valence-corrected chi connectivity index (χ4v) is 6.44. The number of carbonyl (C=O) groups excluding carboxylic acids is 1. The predicted octanol–water partition coefficient (Wildman–Crippen LogP) is 4.28. The molecule has 2 saturated heterocycles. The molecule has 3 heterocycles. The molecule has 1 aliphatic carbocycles. The van der Waals surface area contributed by atoms with Crippen molar-refractivity contribution in [2.45, 2.75) is 95.7 Å². The Bertz CT molecular complexity index is 1130. The summed E-state index contributed by atoms with van der Waals surface area (Å²) in [5.74, 6) is 1.18. The van der Waals surface area contributed by atoms with Gasteiger partial charge in [-0.15, -0.1) is 0 Å². The van der Waals surface area contributed by atoms with Gasteiger partial charge in [0.05, 0.1) is 17.7 Å². The SMILES string of the molecule is C[C@@H]1C[C@@H](O)c2ncnc(N3CCN(C(=O)[C@@H](c4ccc(C(C)(C)C)cc4)[C@@H]4CCC(C)(C)N4)CC3)c21. The van der Waals surface area contributed by atoms with Crippen molar-refractivity contribution in [3.63, 3.8) is 0 Å². The van der Waals surface area contributed by atoms with Gasteiger partial charge in [-0.1, -0.05) is 52.0 Å². The van der Waals surface area contributed by atoms with Crippen LogP contribution in [0.4, 0.5) is 5.82 Å². The Morgan fingerprint density at radius 3 is 2.38 bits per heavy atom. The zero-order valence-corrected chi connectivity index (χ0v) is 23.3. The van der Waals surface area contributed by atoms with Crippen LogP contribution in [0.1, 0.15) is 101 Å². The zero-order chi connectivity index (χ0) is 26.5. The first-order valence-electron chi connectivity index (χ1n) is 13.9. The molecule has 5 rings (SSSR count). The maximum atomic E-state index is 14.1. The van der Waals surface area contributed by atoms with E-state index in [4.69, 9.17) is 0 Å². The van der Waals surface area contributed by atoms with E-state index >= 15 is 0 Å². The number of nitrogens with zero attached hydrogens (tertiary/aromatic N) is 4. The van der Waals surface area contributed by atoms with Crippen LogP contribution in [0.5, 0.6) is 0 Å². The largest absolute Gasteiger partial charge is 0.387 e. The van der Waals surface area contributed by atoms with E-state index in [0.717, 1.165) is 48.6 Å². The molecular formula is C30H43N5O2. The second-order valence-electron chi connectivity index (χ2n) is 13.0. The fourth-order valence-electron chi connectivity index (χ4n) is 6.44. The maximum Gasteiger partial charge on any atom is 0.231 e. The summed E-state index contributed by atoms with van der Waals surface area (Å²) in [4.78, 5) is 27.4. The summed E-state index contributed by atoms with van der Waals surface area (Å²) < 4.78 is 0. The molecule has 3 aliphatic rings. The molecule has 2 aromatic rings. The Kier molecular flexibility index (Phi) is 6.82. The minimum atomic E-state index is -0.511. The van der Waals surface area contributed by atoms with Crippen molar-refractivity contribution in [2.24, 2.45) is 0 Å². The van der Waals surface area contributed by atoms with Crippen LogP contribution in [0.2, 0.25) is 0 Å². The highest BCUT2D eigenvalue weighted by molar-refractivity contribution is 5.85. The highest BCUT2D eigenvalue weighted by Gasteiger charge is 2.41. The number of aromatic nitrogens is 2. The minimum absolute atomic E-state index is 0.0435. The molecule has 0 saturated carbocycles. The average molecular weight is 506 g/mol. The van der Waals surface area contributed by atoms with Crippen molar-refractivity contribution >= 4 is 11.7 Å². The van der Waals surface area contributed by atoms with Crippen molar-refractivity contribution in [1.29, 1.82) is 0 Å². The molecule has 1 amide bonds. The number of carbonyl (C=O) groups is 1. The van der Waals surface area contributed by atoms with E-state index in [2.05, 4.69) is 86.0 Å². The number of anilines is 1. The third-order valence-corrected chi connectivity index (χ3v) is 8.63. The Morgan fingerprint density at radius 2 is 1.78 bits per heavy atom. The van der Waals surface area contributed by atoms with Gasteiger partial charge in [0.2, 0.25) is 5.91 Å². The molecule has 37 heavy (non-hydrogen) atoms. The summed E-state index contributed by atoms with van der Waals surface area (Å²) in [6, 6.07) is 8.86. The number of benzene rings is 1. The van der Waals surface area contributed by atoms with Crippen LogP contribution >= 0.6 is 0 Å². The maximum absolute atomic E-state index is 14.1. The Hall–Kier alpha value is -2.51. The summed E-state index contributed by atoms with van der Waals surface area (Å²) in [5, 5.41) is 14.2. The van der Waals surface area contributed by atoms with Crippen molar-refractivity contribution in [1.82, 2.24) is 20.2 Å². The van der Waals surface area contributed by atoms with E-state index in [9.17, 15) is 9.90 Å². The lowest BCUT2D eigenvalue weighted by molar-refractivity contribution is -0.133. The highest BCUT2D eigenvalue weighted by atomic mass is 16.3. The molecule has 2 fully saturated rings. The van der Waals surface area contributed by atoms with Gasteiger partial charge in [0.1, 0.15) is 12.1 Å². The molecule has 1 aromatic heterocycles. The topological polar surface area (TPSA) is 81.6 Å². The Balaban J connectivity index is 1.35. The van der Waals surface area contributed by atoms with Crippen LogP contribution in [-0.2, 0) is 10.2 Å². The lowest BCUT2D eigenvalue weighted by Gasteiger charge is -2.39. The van der Waals surface area contributed by atoms with Crippen LogP contribution in [0.3, 0.4) is 0 Å². The number of fused-ring (bicyclic) bond motifs is 1. The molecule has 0 bridgehead atoms. The van der Waals surface area contributed by atoms with Crippen LogP contribution in [0.25, 0.3) is 0 Å². The number of hydrogen-bond acceptors (Lipinski definition) is 6. The number of hydrogen-bond donors (Lipinski definition) is 2. The van der Waals surface area contributed by atoms with E-state index in [-0.39, 0.29) is 34.7 Å². The molecule has 200 valence electrons. The van der Waals surface area contributed by atoms with Gasteiger partial charge in [0, 0.05) is 43.3 Å². The van der Waals surface area contributed by atoms with Gasteiger partial charge >= 0.3 is 0 Å². The molecular weight excluding hydrogens is 462 g/mol. The molecule has 2 N–H and O–H groups in total. The summed E-state index contributed by atoms with van der Waals surface area (Å²) in [6.45, 7) is 16.1. The van der Waals surface area contributed by atoms with Crippen LogP contribution in [0, 0.1) is 0 Å². The van der Waals surface area contributed by atoms with E-state index in [1.54, 1.807) is 6.33 Å². The molecule has 4 atom stereocenters. The normalized spacial score (nSPS) is 26.3. The van der Waals surface area contributed by atoms with Crippen molar-refractivity contribution in [3.8, 4) is 0 Å². The second kappa shape index (κ2) is 9.66. The zero-order valence-electron chi connectivity index (χ0n) is 23.3. The van der Waals surface area contributed by atoms with Crippen molar-refractivity contribution < 1.29 is 9.90 Å². The fraction of sp³-hybridized carbons (Fsp3) is 0.633. The molecule has 2 aliphatic heterocycles. The van der Waals surface area contributed by atoms with E-state index in [1.807, 2.05) is 4.90 Å². The van der Waals surface area contributed by atoms with Crippen LogP contribution in [0.15, 0.2) is 30.6 Å². The first kappa shape index (κ1) is 26.1. The first-order chi connectivity index (χ1) is 17.4. The highest BCUT2D eigenvalue weighted by Crippen LogP contribution is 2.43. The third kappa shape index (κ3) is 5.13. The number of rotatable bonds is 4. The van der Waals surface area contributed by atoms with E-state index in [1.165, 1.54) is 5.56 Å². The smallest absolute Gasteiger partial charge is 0.231 e. The lowest BCUT2D eigenvalue weighted by Crippen LogP contribution is -2.53. The average Bonchev–Trinajstić information content (AvgIpc) is 3.36. The molecule has 1 aromatic carbocycles. The standard InChI is InChI=1S/C30H43N5O2/c1-19-17-23(36)26-24(19)27(32-18-31-26)34-13-15-35(16-14-34)28(37)25(22-11-12-30(5,6)33-22)20-7-9-21(10-8-20)29(2,3)4/h7-10,18-19,22-23,25,33,36H,11-17H2,1-6H3/t19-,22+,23-,25+/m1/s1. The van der Waals surface area contributed by atoms with Gasteiger partial charge in [-0.05, 0) is 55.6 Å². The Labute approximate surface area is 221 Å².